The zero-order valence-corrected chi connectivity index (χ0v) is 10.8. The summed E-state index contributed by atoms with van der Waals surface area (Å²) >= 11 is 1.35. The van der Waals surface area contributed by atoms with Crippen molar-refractivity contribution in [1.82, 2.24) is 4.98 Å². The van der Waals surface area contributed by atoms with Crippen LogP contribution in [0.25, 0.3) is 0 Å². The number of nitrogens with zero attached hydrogens (tertiary/aromatic N) is 1. The number of carbonyl (C=O) groups is 1. The highest BCUT2D eigenvalue weighted by Gasteiger charge is 2.07. The van der Waals surface area contributed by atoms with Gasteiger partial charge in [0.05, 0.1) is 5.69 Å². The number of thiazole rings is 1. The van der Waals surface area contributed by atoms with Crippen molar-refractivity contribution in [3.63, 3.8) is 0 Å². The Morgan fingerprint density at radius 1 is 1.39 bits per heavy atom. The van der Waals surface area contributed by atoms with Gasteiger partial charge >= 0.3 is 6.03 Å². The highest BCUT2D eigenvalue weighted by molar-refractivity contribution is 7.13. The van der Waals surface area contributed by atoms with E-state index in [-0.39, 0.29) is 6.03 Å². The van der Waals surface area contributed by atoms with Crippen molar-refractivity contribution in [1.29, 1.82) is 0 Å². The molecule has 0 saturated carbocycles. The quantitative estimate of drug-likeness (QED) is 0.795. The number of benzene rings is 1. The fourth-order valence-electron chi connectivity index (χ4n) is 1.42. The number of hydrogen-bond donors (Lipinski definition) is 3. The van der Waals surface area contributed by atoms with Crippen LogP contribution in [0, 0.1) is 6.92 Å². The van der Waals surface area contributed by atoms with Gasteiger partial charge in [0.1, 0.15) is 0 Å². The van der Waals surface area contributed by atoms with Crippen molar-refractivity contribution in [3.05, 3.63) is 40.9 Å². The van der Waals surface area contributed by atoms with Crippen LogP contribution in [0.3, 0.4) is 0 Å². The van der Waals surface area contributed by atoms with E-state index in [2.05, 4.69) is 15.6 Å². The molecule has 18 heavy (non-hydrogen) atoms. The van der Waals surface area contributed by atoms with Crippen molar-refractivity contribution >= 4 is 28.2 Å². The normalized spacial score (nSPS) is 10.1. The Morgan fingerprint density at radius 3 is 2.83 bits per heavy atom. The molecule has 0 aliphatic carbocycles. The summed E-state index contributed by atoms with van der Waals surface area (Å²) < 4.78 is 0. The van der Waals surface area contributed by atoms with E-state index in [4.69, 9.17) is 5.73 Å². The van der Waals surface area contributed by atoms with Gasteiger partial charge in [-0.1, -0.05) is 18.2 Å². The number of para-hydroxylation sites is 1. The molecule has 0 saturated heterocycles. The van der Waals surface area contributed by atoms with Crippen LogP contribution in [0.1, 0.15) is 11.3 Å². The van der Waals surface area contributed by atoms with Crippen LogP contribution in [-0.4, -0.2) is 11.0 Å². The summed E-state index contributed by atoms with van der Waals surface area (Å²) in [7, 11) is 0. The van der Waals surface area contributed by atoms with Gasteiger partial charge in [0.15, 0.2) is 5.13 Å². The first-order valence-corrected chi connectivity index (χ1v) is 6.35. The minimum atomic E-state index is -0.303. The molecule has 2 amide bonds. The fourth-order valence-corrected chi connectivity index (χ4v) is 2.14. The molecule has 0 aliphatic rings. The third-order valence-corrected chi connectivity index (χ3v) is 3.18. The number of anilines is 2. The Balaban J connectivity index is 1.99. The Hall–Kier alpha value is -1.92. The third-order valence-electron chi connectivity index (χ3n) is 2.37. The van der Waals surface area contributed by atoms with E-state index in [1.165, 1.54) is 11.3 Å². The summed E-state index contributed by atoms with van der Waals surface area (Å²) in [5.74, 6) is 0. The maximum Gasteiger partial charge on any atom is 0.325 e. The second-order valence-electron chi connectivity index (χ2n) is 3.74. The molecular formula is C12H14N4OS. The topological polar surface area (TPSA) is 80.0 Å². The molecular weight excluding hydrogens is 248 g/mol. The lowest BCUT2D eigenvalue weighted by Crippen LogP contribution is -2.19. The molecule has 0 radical (unpaired) electrons. The van der Waals surface area contributed by atoms with E-state index in [0.717, 1.165) is 16.9 Å². The van der Waals surface area contributed by atoms with Crippen LogP contribution in [0.5, 0.6) is 0 Å². The highest BCUT2D eigenvalue weighted by atomic mass is 32.1. The number of hydrogen-bond acceptors (Lipinski definition) is 4. The first-order valence-electron chi connectivity index (χ1n) is 5.47. The first-order chi connectivity index (χ1) is 8.69. The predicted molar refractivity (Wildman–Crippen MR) is 73.8 cm³/mol. The van der Waals surface area contributed by atoms with Crippen LogP contribution < -0.4 is 16.4 Å². The number of nitrogens with one attached hydrogen (secondary N) is 2. The van der Waals surface area contributed by atoms with Gasteiger partial charge in [-0.15, -0.1) is 11.3 Å². The van der Waals surface area contributed by atoms with Crippen molar-refractivity contribution in [2.75, 3.05) is 10.6 Å². The van der Waals surface area contributed by atoms with Gasteiger partial charge in [-0.3, -0.25) is 5.32 Å². The number of rotatable bonds is 3. The monoisotopic (exact) mass is 262 g/mol. The molecule has 94 valence electrons. The molecule has 1 aromatic carbocycles. The van der Waals surface area contributed by atoms with E-state index in [9.17, 15) is 4.79 Å². The predicted octanol–water partition coefficient (Wildman–Crippen LogP) is 2.55. The molecule has 0 fully saturated rings. The zero-order valence-electron chi connectivity index (χ0n) is 9.93. The largest absolute Gasteiger partial charge is 0.325 e. The van der Waals surface area contributed by atoms with Gasteiger partial charge in [0.2, 0.25) is 0 Å². The van der Waals surface area contributed by atoms with E-state index in [0.29, 0.717) is 11.7 Å². The Kier molecular flexibility index (Phi) is 3.91. The Labute approximate surface area is 109 Å². The molecule has 0 spiro atoms. The van der Waals surface area contributed by atoms with Crippen LogP contribution in [0.15, 0.2) is 29.6 Å². The summed E-state index contributed by atoms with van der Waals surface area (Å²) in [6, 6.07) is 7.28. The third kappa shape index (κ3) is 3.06. The van der Waals surface area contributed by atoms with Gasteiger partial charge in [0.25, 0.3) is 0 Å². The van der Waals surface area contributed by atoms with Crippen molar-refractivity contribution in [3.8, 4) is 0 Å². The van der Waals surface area contributed by atoms with Crippen molar-refractivity contribution in [2.45, 2.75) is 13.5 Å². The molecule has 5 nitrogen and oxygen atoms in total. The number of aromatic nitrogens is 1. The fraction of sp³-hybridized carbons (Fsp3) is 0.167. The molecule has 1 aromatic heterocycles. The molecule has 6 heteroatoms. The SMILES string of the molecule is Cc1ccccc1NC(=O)Nc1nc(CN)cs1. The zero-order chi connectivity index (χ0) is 13.0. The first kappa shape index (κ1) is 12.5. The average Bonchev–Trinajstić information content (AvgIpc) is 2.80. The maximum absolute atomic E-state index is 11.7. The number of urea groups is 1. The van der Waals surface area contributed by atoms with Crippen molar-refractivity contribution < 1.29 is 4.79 Å². The Morgan fingerprint density at radius 2 is 2.17 bits per heavy atom. The van der Waals surface area contributed by atoms with Gasteiger partial charge in [-0.25, -0.2) is 9.78 Å². The average molecular weight is 262 g/mol. The summed E-state index contributed by atoms with van der Waals surface area (Å²) in [5, 5.41) is 7.81. The van der Waals surface area contributed by atoms with E-state index in [1.807, 2.05) is 36.6 Å². The number of carbonyl (C=O) groups excluding carboxylic acids is 1. The molecule has 2 rings (SSSR count). The van der Waals surface area contributed by atoms with Gasteiger partial charge < -0.3 is 11.1 Å². The second kappa shape index (κ2) is 5.61. The molecule has 0 aliphatic heterocycles. The minimum Gasteiger partial charge on any atom is -0.325 e. The van der Waals surface area contributed by atoms with E-state index >= 15 is 0 Å². The lowest BCUT2D eigenvalue weighted by Gasteiger charge is -2.07. The molecule has 0 bridgehead atoms. The summed E-state index contributed by atoms with van der Waals surface area (Å²) in [4.78, 5) is 15.9. The second-order valence-corrected chi connectivity index (χ2v) is 4.60. The molecule has 0 atom stereocenters. The minimum absolute atomic E-state index is 0.303. The number of amides is 2. The van der Waals surface area contributed by atoms with Gasteiger partial charge in [-0.2, -0.15) is 0 Å². The Bertz CT molecular complexity index is 553. The summed E-state index contributed by atoms with van der Waals surface area (Å²) in [5.41, 5.74) is 8.01. The lowest BCUT2D eigenvalue weighted by atomic mass is 10.2. The highest BCUT2D eigenvalue weighted by Crippen LogP contribution is 2.17. The van der Waals surface area contributed by atoms with Crippen LogP contribution in [0.2, 0.25) is 0 Å². The molecule has 2 aromatic rings. The standard InChI is InChI=1S/C12H14N4OS/c1-8-4-2-3-5-10(8)15-11(17)16-12-14-9(6-13)7-18-12/h2-5,7H,6,13H2,1H3,(H2,14,15,16,17). The van der Waals surface area contributed by atoms with Gasteiger partial charge in [0, 0.05) is 17.6 Å². The number of aryl methyl sites for hydroxylation is 1. The van der Waals surface area contributed by atoms with Crippen LogP contribution in [-0.2, 0) is 6.54 Å². The lowest BCUT2D eigenvalue weighted by molar-refractivity contribution is 0.262. The van der Waals surface area contributed by atoms with E-state index < -0.39 is 0 Å². The molecule has 1 heterocycles. The maximum atomic E-state index is 11.7. The smallest absolute Gasteiger partial charge is 0.325 e. The summed E-state index contributed by atoms with van der Waals surface area (Å²) in [6.07, 6.45) is 0. The van der Waals surface area contributed by atoms with Crippen molar-refractivity contribution in [2.24, 2.45) is 5.73 Å². The van der Waals surface area contributed by atoms with E-state index in [1.54, 1.807) is 0 Å². The summed E-state index contributed by atoms with van der Waals surface area (Å²) in [6.45, 7) is 2.31. The van der Waals surface area contributed by atoms with Crippen LogP contribution in [0.4, 0.5) is 15.6 Å². The van der Waals surface area contributed by atoms with Gasteiger partial charge in [-0.05, 0) is 18.6 Å². The number of nitrogens with two attached hydrogens (primary N) is 1. The molecule has 4 N–H and O–H groups in total. The molecule has 0 unspecified atom stereocenters. The van der Waals surface area contributed by atoms with Crippen LogP contribution >= 0.6 is 11.3 Å².